The molecule has 0 aromatic heterocycles. The maximum Gasteiger partial charge on any atom is 0.272 e. The van der Waals surface area contributed by atoms with Crippen LogP contribution in [-0.4, -0.2) is 11.0 Å². The molecule has 0 amide bonds. The van der Waals surface area contributed by atoms with Gasteiger partial charge in [-0.15, -0.1) is 0 Å². The quantitative estimate of drug-likeness (QED) is 0.501. The fourth-order valence-corrected chi connectivity index (χ4v) is 2.89. The van der Waals surface area contributed by atoms with Crippen molar-refractivity contribution in [3.8, 4) is 0 Å². The third kappa shape index (κ3) is 3.68. The minimum atomic E-state index is -0.579. The molecule has 0 heterocycles. The van der Waals surface area contributed by atoms with Crippen molar-refractivity contribution in [1.82, 2.24) is 0 Å². The number of hydrogen-bond acceptors (Lipinski definition) is 3. The summed E-state index contributed by atoms with van der Waals surface area (Å²) in [6, 6.07) is 4.06. The summed E-state index contributed by atoms with van der Waals surface area (Å²) < 4.78 is 13.8. The summed E-state index contributed by atoms with van der Waals surface area (Å²) >= 11 is 0. The standard InChI is InChI=1S/C15H21FN2O2/c1-2-11-4-3-5-12(7-6-11)17-15-9-8-13(18(19)20)10-14(15)16/h8-12,17H,2-7H2,1H3. The predicted octanol–water partition coefficient (Wildman–Crippen LogP) is 4.50. The number of rotatable bonds is 4. The number of halogens is 1. The maximum absolute atomic E-state index is 13.8. The molecule has 0 radical (unpaired) electrons. The van der Waals surface area contributed by atoms with E-state index in [-0.39, 0.29) is 11.7 Å². The van der Waals surface area contributed by atoms with Gasteiger partial charge in [0.25, 0.3) is 5.69 Å². The van der Waals surface area contributed by atoms with E-state index in [1.165, 1.54) is 31.4 Å². The molecular weight excluding hydrogens is 259 g/mol. The summed E-state index contributed by atoms with van der Waals surface area (Å²) in [7, 11) is 0. The zero-order valence-electron chi connectivity index (χ0n) is 11.8. The number of non-ortho nitro benzene ring substituents is 1. The topological polar surface area (TPSA) is 55.2 Å². The summed E-state index contributed by atoms with van der Waals surface area (Å²) in [4.78, 5) is 10.0. The summed E-state index contributed by atoms with van der Waals surface area (Å²) in [5.74, 6) is 0.235. The van der Waals surface area contributed by atoms with E-state index in [1.807, 2.05) is 0 Å². The smallest absolute Gasteiger partial charge is 0.272 e. The molecule has 1 aromatic carbocycles. The van der Waals surface area contributed by atoms with E-state index in [9.17, 15) is 14.5 Å². The Morgan fingerprint density at radius 2 is 2.15 bits per heavy atom. The van der Waals surface area contributed by atoms with Crippen LogP contribution in [0, 0.1) is 21.8 Å². The van der Waals surface area contributed by atoms with Crippen molar-refractivity contribution in [2.24, 2.45) is 5.92 Å². The van der Waals surface area contributed by atoms with Gasteiger partial charge in [-0.2, -0.15) is 0 Å². The Morgan fingerprint density at radius 3 is 2.80 bits per heavy atom. The van der Waals surface area contributed by atoms with Gasteiger partial charge in [0, 0.05) is 12.1 Å². The van der Waals surface area contributed by atoms with Crippen molar-refractivity contribution in [3.05, 3.63) is 34.1 Å². The third-order valence-corrected chi connectivity index (χ3v) is 4.19. The SMILES string of the molecule is CCC1CCCC(Nc2ccc([N+](=O)[O-])cc2F)CC1. The molecule has 1 aliphatic carbocycles. The zero-order valence-corrected chi connectivity index (χ0v) is 11.8. The number of nitrogens with zero attached hydrogens (tertiary/aromatic N) is 1. The predicted molar refractivity (Wildman–Crippen MR) is 77.3 cm³/mol. The lowest BCUT2D eigenvalue weighted by Gasteiger charge is -2.18. The van der Waals surface area contributed by atoms with Crippen LogP contribution in [0.1, 0.15) is 45.4 Å². The first-order chi connectivity index (χ1) is 9.60. The van der Waals surface area contributed by atoms with Crippen LogP contribution in [0.2, 0.25) is 0 Å². The Morgan fingerprint density at radius 1 is 1.35 bits per heavy atom. The average Bonchev–Trinajstić information content (AvgIpc) is 2.66. The Balaban J connectivity index is 2.01. The van der Waals surface area contributed by atoms with Crippen LogP contribution in [0.5, 0.6) is 0 Å². The highest BCUT2D eigenvalue weighted by Crippen LogP contribution is 2.28. The molecule has 1 N–H and O–H groups in total. The third-order valence-electron chi connectivity index (χ3n) is 4.19. The van der Waals surface area contributed by atoms with Crippen LogP contribution in [-0.2, 0) is 0 Å². The molecule has 0 saturated heterocycles. The van der Waals surface area contributed by atoms with Gasteiger partial charge in [-0.05, 0) is 31.2 Å². The van der Waals surface area contributed by atoms with Crippen LogP contribution in [0.3, 0.4) is 0 Å². The van der Waals surface area contributed by atoms with E-state index in [0.29, 0.717) is 5.69 Å². The first-order valence-corrected chi connectivity index (χ1v) is 7.30. The minimum absolute atomic E-state index is 0.208. The van der Waals surface area contributed by atoms with Gasteiger partial charge in [-0.1, -0.05) is 26.2 Å². The number of anilines is 1. The Hall–Kier alpha value is -1.65. The number of nitro benzene ring substituents is 1. The monoisotopic (exact) mass is 280 g/mol. The summed E-state index contributed by atoms with van der Waals surface area (Å²) in [6.07, 6.45) is 6.85. The first-order valence-electron chi connectivity index (χ1n) is 7.30. The molecular formula is C15H21FN2O2. The van der Waals surface area contributed by atoms with Crippen molar-refractivity contribution in [1.29, 1.82) is 0 Å². The van der Waals surface area contributed by atoms with E-state index in [4.69, 9.17) is 0 Å². The fraction of sp³-hybridized carbons (Fsp3) is 0.600. The molecule has 1 aliphatic rings. The number of nitro groups is 1. The molecule has 2 unspecified atom stereocenters. The summed E-state index contributed by atoms with van der Waals surface area (Å²) in [5.41, 5.74) is 0.163. The number of hydrogen-bond donors (Lipinski definition) is 1. The van der Waals surface area contributed by atoms with Gasteiger partial charge in [0.05, 0.1) is 16.7 Å². The molecule has 4 nitrogen and oxygen atoms in total. The van der Waals surface area contributed by atoms with E-state index >= 15 is 0 Å². The molecule has 0 spiro atoms. The molecule has 1 saturated carbocycles. The Bertz CT molecular complexity index is 479. The largest absolute Gasteiger partial charge is 0.380 e. The first kappa shape index (κ1) is 14.8. The van der Waals surface area contributed by atoms with Crippen molar-refractivity contribution < 1.29 is 9.31 Å². The lowest BCUT2D eigenvalue weighted by molar-refractivity contribution is -0.385. The number of nitrogens with one attached hydrogen (secondary N) is 1. The Labute approximate surface area is 118 Å². The van der Waals surface area contributed by atoms with Crippen LogP contribution in [0.15, 0.2) is 18.2 Å². The molecule has 2 rings (SSSR count). The lowest BCUT2D eigenvalue weighted by atomic mass is 9.98. The summed E-state index contributed by atoms with van der Waals surface area (Å²) in [6.45, 7) is 2.22. The molecule has 110 valence electrons. The van der Waals surface area contributed by atoms with Gasteiger partial charge in [0.1, 0.15) is 0 Å². The second-order valence-electron chi connectivity index (χ2n) is 5.55. The highest BCUT2D eigenvalue weighted by Gasteiger charge is 2.19. The minimum Gasteiger partial charge on any atom is -0.380 e. The van der Waals surface area contributed by atoms with Gasteiger partial charge in [-0.3, -0.25) is 10.1 Å². The maximum atomic E-state index is 13.8. The molecule has 20 heavy (non-hydrogen) atoms. The van der Waals surface area contributed by atoms with Crippen LogP contribution in [0.4, 0.5) is 15.8 Å². The molecule has 5 heteroatoms. The van der Waals surface area contributed by atoms with Crippen LogP contribution in [0.25, 0.3) is 0 Å². The molecule has 0 aliphatic heterocycles. The second-order valence-corrected chi connectivity index (χ2v) is 5.55. The average molecular weight is 280 g/mol. The molecule has 1 fully saturated rings. The normalized spacial score (nSPS) is 23.1. The van der Waals surface area contributed by atoms with Gasteiger partial charge < -0.3 is 5.32 Å². The van der Waals surface area contributed by atoms with E-state index in [1.54, 1.807) is 0 Å². The molecule has 1 aromatic rings. The highest BCUT2D eigenvalue weighted by atomic mass is 19.1. The van der Waals surface area contributed by atoms with E-state index in [0.717, 1.165) is 31.2 Å². The van der Waals surface area contributed by atoms with Gasteiger partial charge in [0.15, 0.2) is 5.82 Å². The van der Waals surface area contributed by atoms with Crippen molar-refractivity contribution in [3.63, 3.8) is 0 Å². The summed E-state index contributed by atoms with van der Waals surface area (Å²) in [5, 5.41) is 13.8. The van der Waals surface area contributed by atoms with Crippen LogP contribution >= 0.6 is 0 Å². The number of benzene rings is 1. The van der Waals surface area contributed by atoms with E-state index < -0.39 is 10.7 Å². The highest BCUT2D eigenvalue weighted by molar-refractivity contribution is 5.50. The van der Waals surface area contributed by atoms with Crippen molar-refractivity contribution in [2.45, 2.75) is 51.5 Å². The second kappa shape index (κ2) is 6.68. The van der Waals surface area contributed by atoms with Crippen molar-refractivity contribution in [2.75, 3.05) is 5.32 Å². The lowest BCUT2D eigenvalue weighted by Crippen LogP contribution is -2.19. The van der Waals surface area contributed by atoms with Crippen molar-refractivity contribution >= 4 is 11.4 Å². The van der Waals surface area contributed by atoms with Crippen LogP contribution < -0.4 is 5.32 Å². The van der Waals surface area contributed by atoms with Gasteiger partial charge >= 0.3 is 0 Å². The fourth-order valence-electron chi connectivity index (χ4n) is 2.89. The molecule has 0 bridgehead atoms. The van der Waals surface area contributed by atoms with E-state index in [2.05, 4.69) is 12.2 Å². The zero-order chi connectivity index (χ0) is 14.5. The van der Waals surface area contributed by atoms with Gasteiger partial charge in [-0.25, -0.2) is 4.39 Å². The Kier molecular flexibility index (Phi) is 4.93. The van der Waals surface area contributed by atoms with Gasteiger partial charge in [0.2, 0.25) is 0 Å². The molecule has 2 atom stereocenters.